The number of hydrogen-bond donors (Lipinski definition) is 1. The highest BCUT2D eigenvalue weighted by Gasteiger charge is 2.30. The van der Waals surface area contributed by atoms with Crippen molar-refractivity contribution in [2.45, 2.75) is 19.8 Å². The van der Waals surface area contributed by atoms with Gasteiger partial charge in [-0.25, -0.2) is 0 Å². The fourth-order valence-electron chi connectivity index (χ4n) is 1.20. The lowest BCUT2D eigenvalue weighted by Gasteiger charge is -2.17. The zero-order valence-corrected chi connectivity index (χ0v) is 9.00. The molecule has 0 saturated heterocycles. The molecule has 0 amide bonds. The van der Waals surface area contributed by atoms with Gasteiger partial charge in [-0.05, 0) is 24.6 Å². The van der Waals surface area contributed by atoms with E-state index in [0.717, 1.165) is 0 Å². The van der Waals surface area contributed by atoms with Crippen LogP contribution in [0.25, 0.3) is 0 Å². The normalized spacial score (nSPS) is 12.1. The summed E-state index contributed by atoms with van der Waals surface area (Å²) in [4.78, 5) is 3.69. The van der Waals surface area contributed by atoms with Crippen molar-refractivity contribution in [3.63, 3.8) is 0 Å². The quantitative estimate of drug-likeness (QED) is 0.814. The van der Waals surface area contributed by atoms with Gasteiger partial charge in [-0.1, -0.05) is 13.8 Å². The molecule has 0 aliphatic rings. The van der Waals surface area contributed by atoms with Crippen LogP contribution in [0.5, 0.6) is 0 Å². The summed E-state index contributed by atoms with van der Waals surface area (Å²) >= 11 is 0. The minimum atomic E-state index is -2.84. The topological polar surface area (TPSA) is 24.9 Å². The van der Waals surface area contributed by atoms with Crippen LogP contribution in [-0.4, -0.2) is 18.1 Å². The van der Waals surface area contributed by atoms with Gasteiger partial charge in [0.05, 0.1) is 6.54 Å². The number of rotatable bonds is 5. The van der Waals surface area contributed by atoms with Crippen molar-refractivity contribution in [1.29, 1.82) is 0 Å². The summed E-state index contributed by atoms with van der Waals surface area (Å²) in [6.45, 7) is 4.22. The van der Waals surface area contributed by atoms with Gasteiger partial charge >= 0.3 is 0 Å². The van der Waals surface area contributed by atoms with Gasteiger partial charge in [0.2, 0.25) is 0 Å². The second-order valence-corrected chi connectivity index (χ2v) is 3.97. The van der Waals surface area contributed by atoms with E-state index < -0.39 is 5.92 Å². The summed E-state index contributed by atoms with van der Waals surface area (Å²) < 4.78 is 27.0. The first-order valence-electron chi connectivity index (χ1n) is 5.01. The number of hydrogen-bond acceptors (Lipinski definition) is 2. The van der Waals surface area contributed by atoms with Gasteiger partial charge in [0.15, 0.2) is 0 Å². The average molecular weight is 214 g/mol. The number of halogens is 2. The van der Waals surface area contributed by atoms with E-state index in [2.05, 4.69) is 10.3 Å². The highest BCUT2D eigenvalue weighted by Crippen LogP contribution is 2.25. The Bertz CT molecular complexity index is 286. The molecule has 1 heterocycles. The van der Waals surface area contributed by atoms with Gasteiger partial charge in [0, 0.05) is 18.0 Å². The first-order chi connectivity index (χ1) is 7.02. The van der Waals surface area contributed by atoms with Crippen molar-refractivity contribution in [2.24, 2.45) is 5.92 Å². The van der Waals surface area contributed by atoms with E-state index in [1.165, 1.54) is 24.5 Å². The standard InChI is InChI=1S/C11H16F2N2/c1-9(2)6-15-8-11(12,13)10-4-3-5-14-7-10/h3-5,7,9,15H,6,8H2,1-2H3. The second-order valence-electron chi connectivity index (χ2n) is 3.97. The Morgan fingerprint density at radius 3 is 2.73 bits per heavy atom. The van der Waals surface area contributed by atoms with E-state index >= 15 is 0 Å². The molecule has 0 unspecified atom stereocenters. The molecule has 1 aromatic heterocycles. The Labute approximate surface area is 88.7 Å². The lowest BCUT2D eigenvalue weighted by molar-refractivity contribution is -0.00385. The van der Waals surface area contributed by atoms with E-state index in [9.17, 15) is 8.78 Å². The summed E-state index contributed by atoms with van der Waals surface area (Å²) in [6.07, 6.45) is 2.69. The molecule has 15 heavy (non-hydrogen) atoms. The second kappa shape index (κ2) is 5.16. The van der Waals surface area contributed by atoms with Crippen LogP contribution < -0.4 is 5.32 Å². The molecule has 0 fully saturated rings. The van der Waals surface area contributed by atoms with Gasteiger partial charge in [-0.15, -0.1) is 0 Å². The minimum Gasteiger partial charge on any atom is -0.311 e. The molecule has 1 N–H and O–H groups in total. The lowest BCUT2D eigenvalue weighted by atomic mass is 10.1. The molecule has 0 bridgehead atoms. The number of pyridine rings is 1. The Balaban J connectivity index is 2.52. The van der Waals surface area contributed by atoms with E-state index in [1.807, 2.05) is 13.8 Å². The molecule has 0 radical (unpaired) electrons. The first kappa shape index (κ1) is 12.0. The summed E-state index contributed by atoms with van der Waals surface area (Å²) in [6, 6.07) is 2.91. The summed E-state index contributed by atoms with van der Waals surface area (Å²) in [5, 5.41) is 2.75. The predicted octanol–water partition coefficient (Wildman–Crippen LogP) is 2.42. The van der Waals surface area contributed by atoms with Crippen molar-refractivity contribution >= 4 is 0 Å². The van der Waals surface area contributed by atoms with Crippen LogP contribution in [0.15, 0.2) is 24.5 Å². The number of nitrogens with one attached hydrogen (secondary N) is 1. The maximum absolute atomic E-state index is 13.5. The summed E-state index contributed by atoms with van der Waals surface area (Å²) in [5.74, 6) is -2.47. The van der Waals surface area contributed by atoms with Crippen molar-refractivity contribution < 1.29 is 8.78 Å². The zero-order chi connectivity index (χ0) is 11.3. The van der Waals surface area contributed by atoms with Crippen molar-refractivity contribution in [3.8, 4) is 0 Å². The fourth-order valence-corrected chi connectivity index (χ4v) is 1.20. The van der Waals surface area contributed by atoms with Gasteiger partial charge in [-0.3, -0.25) is 4.98 Å². The largest absolute Gasteiger partial charge is 0.311 e. The molecule has 2 nitrogen and oxygen atoms in total. The number of nitrogens with zero attached hydrogens (tertiary/aromatic N) is 1. The van der Waals surface area contributed by atoms with Crippen molar-refractivity contribution in [3.05, 3.63) is 30.1 Å². The lowest BCUT2D eigenvalue weighted by Crippen LogP contribution is -2.32. The smallest absolute Gasteiger partial charge is 0.286 e. The first-order valence-corrected chi connectivity index (χ1v) is 5.01. The maximum atomic E-state index is 13.5. The van der Waals surface area contributed by atoms with E-state index in [1.54, 1.807) is 0 Å². The molecule has 1 aromatic rings. The van der Waals surface area contributed by atoms with E-state index in [4.69, 9.17) is 0 Å². The Kier molecular flexibility index (Phi) is 4.15. The van der Waals surface area contributed by atoms with Crippen molar-refractivity contribution in [2.75, 3.05) is 13.1 Å². The van der Waals surface area contributed by atoms with Crippen LogP contribution in [0, 0.1) is 5.92 Å². The Morgan fingerprint density at radius 1 is 1.47 bits per heavy atom. The van der Waals surface area contributed by atoms with Crippen LogP contribution in [-0.2, 0) is 5.92 Å². The summed E-state index contributed by atoms with van der Waals surface area (Å²) in [7, 11) is 0. The molecule has 0 aliphatic heterocycles. The predicted molar refractivity (Wildman–Crippen MR) is 55.8 cm³/mol. The maximum Gasteiger partial charge on any atom is 0.286 e. The van der Waals surface area contributed by atoms with Gasteiger partial charge in [0.25, 0.3) is 5.92 Å². The molecular weight excluding hydrogens is 198 g/mol. The molecule has 0 aromatic carbocycles. The molecule has 1 rings (SSSR count). The minimum absolute atomic E-state index is 0.0405. The highest BCUT2D eigenvalue weighted by molar-refractivity contribution is 5.15. The fraction of sp³-hybridized carbons (Fsp3) is 0.545. The number of aromatic nitrogens is 1. The Hall–Kier alpha value is -1.03. The molecule has 84 valence electrons. The molecule has 0 aliphatic carbocycles. The molecule has 4 heteroatoms. The third-order valence-corrected chi connectivity index (χ3v) is 1.98. The summed E-state index contributed by atoms with van der Waals surface area (Å²) in [5.41, 5.74) is -0.0405. The third kappa shape index (κ3) is 3.91. The van der Waals surface area contributed by atoms with Crippen LogP contribution >= 0.6 is 0 Å². The van der Waals surface area contributed by atoms with Crippen molar-refractivity contribution in [1.82, 2.24) is 10.3 Å². The third-order valence-electron chi connectivity index (χ3n) is 1.98. The van der Waals surface area contributed by atoms with Crippen LogP contribution in [0.3, 0.4) is 0 Å². The monoisotopic (exact) mass is 214 g/mol. The van der Waals surface area contributed by atoms with E-state index in [-0.39, 0.29) is 12.1 Å². The van der Waals surface area contributed by atoms with E-state index in [0.29, 0.717) is 12.5 Å². The molecule has 0 saturated carbocycles. The van der Waals surface area contributed by atoms with Gasteiger partial charge in [-0.2, -0.15) is 8.78 Å². The van der Waals surface area contributed by atoms with Crippen LogP contribution in [0.4, 0.5) is 8.78 Å². The molecule has 0 spiro atoms. The zero-order valence-electron chi connectivity index (χ0n) is 9.00. The van der Waals surface area contributed by atoms with Crippen LogP contribution in [0.2, 0.25) is 0 Å². The van der Waals surface area contributed by atoms with Gasteiger partial charge in [0.1, 0.15) is 0 Å². The van der Waals surface area contributed by atoms with Gasteiger partial charge < -0.3 is 5.32 Å². The Morgan fingerprint density at radius 2 is 2.20 bits per heavy atom. The molecule has 0 atom stereocenters. The highest BCUT2D eigenvalue weighted by atomic mass is 19.3. The SMILES string of the molecule is CC(C)CNCC(F)(F)c1cccnc1. The average Bonchev–Trinajstić information content (AvgIpc) is 2.18. The number of alkyl halides is 2. The molecular formula is C11H16F2N2. The van der Waals surface area contributed by atoms with Crippen LogP contribution in [0.1, 0.15) is 19.4 Å².